The first-order valence-corrected chi connectivity index (χ1v) is 9.77. The highest BCUT2D eigenvalue weighted by molar-refractivity contribution is 5.99. The molecule has 3 heterocycles. The van der Waals surface area contributed by atoms with Crippen molar-refractivity contribution in [1.29, 1.82) is 0 Å². The second kappa shape index (κ2) is 7.55. The van der Waals surface area contributed by atoms with Crippen LogP contribution in [0.2, 0.25) is 0 Å². The van der Waals surface area contributed by atoms with E-state index in [1.165, 1.54) is 16.8 Å². The van der Waals surface area contributed by atoms with Crippen LogP contribution in [0.25, 0.3) is 0 Å². The van der Waals surface area contributed by atoms with Gasteiger partial charge in [0.05, 0.1) is 6.04 Å². The van der Waals surface area contributed by atoms with Gasteiger partial charge in [0.15, 0.2) is 11.4 Å². The first kappa shape index (κ1) is 20.1. The van der Waals surface area contributed by atoms with Crippen LogP contribution in [0.5, 0.6) is 5.75 Å². The van der Waals surface area contributed by atoms with Gasteiger partial charge < -0.3 is 19.9 Å². The smallest absolute Gasteiger partial charge is 0.274 e. The first-order valence-electron chi connectivity index (χ1n) is 9.77. The Bertz CT molecular complexity index is 1100. The van der Waals surface area contributed by atoms with Gasteiger partial charge in [0.1, 0.15) is 17.2 Å². The minimum Gasteiger partial charge on any atom is -0.503 e. The lowest BCUT2D eigenvalue weighted by atomic mass is 9.95. The zero-order valence-electron chi connectivity index (χ0n) is 16.3. The van der Waals surface area contributed by atoms with Gasteiger partial charge in [-0.25, -0.2) is 8.78 Å². The Balaban J connectivity index is 1.68. The normalized spacial score (nSPS) is 20.5. The van der Waals surface area contributed by atoms with Crippen LogP contribution >= 0.6 is 0 Å². The number of hydrogen-bond donors (Lipinski definition) is 2. The summed E-state index contributed by atoms with van der Waals surface area (Å²) in [6.07, 6.45) is 2.99. The first-order chi connectivity index (χ1) is 14.3. The molecule has 2 N–H and O–H groups in total. The molecule has 1 saturated heterocycles. The molecule has 2 amide bonds. The summed E-state index contributed by atoms with van der Waals surface area (Å²) in [4.78, 5) is 39.6. The third kappa shape index (κ3) is 3.34. The predicted molar refractivity (Wildman–Crippen MR) is 103 cm³/mol. The molecule has 2 atom stereocenters. The van der Waals surface area contributed by atoms with Gasteiger partial charge in [-0.05, 0) is 24.8 Å². The van der Waals surface area contributed by atoms with Crippen molar-refractivity contribution in [1.82, 2.24) is 14.8 Å². The van der Waals surface area contributed by atoms with Crippen LogP contribution in [0.15, 0.2) is 29.2 Å². The van der Waals surface area contributed by atoms with Crippen LogP contribution in [0.1, 0.15) is 52.2 Å². The number of aromatic hydroxyl groups is 1. The zero-order chi connectivity index (χ0) is 21.6. The number of halogens is 2. The summed E-state index contributed by atoms with van der Waals surface area (Å²) in [5.41, 5.74) is -1.35. The topological polar surface area (TPSA) is 91.6 Å². The van der Waals surface area contributed by atoms with Crippen LogP contribution in [0.3, 0.4) is 0 Å². The van der Waals surface area contributed by atoms with Crippen molar-refractivity contribution >= 4 is 11.8 Å². The molecule has 2 aromatic rings. The van der Waals surface area contributed by atoms with E-state index in [0.717, 1.165) is 18.9 Å². The Hall–Kier alpha value is -3.23. The number of hydrogen-bond acceptors (Lipinski definition) is 4. The number of carbonyl (C=O) groups is 2. The second-order valence-electron chi connectivity index (χ2n) is 7.83. The van der Waals surface area contributed by atoms with E-state index in [0.29, 0.717) is 19.2 Å². The Morgan fingerprint density at radius 3 is 2.80 bits per heavy atom. The van der Waals surface area contributed by atoms with Crippen LogP contribution < -0.4 is 10.7 Å². The molecule has 1 aromatic heterocycles. The highest BCUT2D eigenvalue weighted by Crippen LogP contribution is 2.35. The fourth-order valence-corrected chi connectivity index (χ4v) is 4.18. The second-order valence-corrected chi connectivity index (χ2v) is 7.83. The molecular weight excluding hydrogens is 396 g/mol. The number of fused-ring (bicyclic) bond motifs is 4. The maximum absolute atomic E-state index is 13.8. The molecule has 2 bridgehead atoms. The van der Waals surface area contributed by atoms with E-state index in [1.54, 1.807) is 4.90 Å². The highest BCUT2D eigenvalue weighted by atomic mass is 19.1. The van der Waals surface area contributed by atoms with Crippen molar-refractivity contribution in [3.63, 3.8) is 0 Å². The SMILES string of the molecule is CC1CCCN2CC1n1cc(C(=O)NCc3ccc(F)cc3F)c(=O)c(O)c1C2=O. The predicted octanol–water partition coefficient (Wildman–Crippen LogP) is 2.19. The van der Waals surface area contributed by atoms with Crippen LogP contribution in [-0.2, 0) is 6.54 Å². The maximum atomic E-state index is 13.8. The van der Waals surface area contributed by atoms with Gasteiger partial charge in [-0.15, -0.1) is 0 Å². The molecule has 1 aromatic carbocycles. The lowest BCUT2D eigenvalue weighted by Gasteiger charge is -2.36. The van der Waals surface area contributed by atoms with Gasteiger partial charge in [-0.3, -0.25) is 14.4 Å². The van der Waals surface area contributed by atoms with Gasteiger partial charge in [0, 0.05) is 37.5 Å². The molecule has 158 valence electrons. The number of aromatic nitrogens is 1. The number of carbonyl (C=O) groups excluding carboxylic acids is 2. The summed E-state index contributed by atoms with van der Waals surface area (Å²) < 4.78 is 28.4. The third-order valence-electron chi connectivity index (χ3n) is 5.91. The van der Waals surface area contributed by atoms with Crippen molar-refractivity contribution in [2.45, 2.75) is 32.4 Å². The van der Waals surface area contributed by atoms with E-state index in [2.05, 4.69) is 5.32 Å². The monoisotopic (exact) mass is 417 g/mol. The summed E-state index contributed by atoms with van der Waals surface area (Å²) in [6, 6.07) is 2.79. The van der Waals surface area contributed by atoms with Crippen molar-refractivity contribution < 1.29 is 23.5 Å². The van der Waals surface area contributed by atoms with E-state index < -0.39 is 34.6 Å². The standard InChI is InChI=1S/C21H21F2N3O4/c1-11-3-2-6-25-10-16(11)26-9-14(18(27)19(28)17(26)21(25)30)20(29)24-8-12-4-5-13(22)7-15(12)23/h4-5,7,9,11,16,28H,2-3,6,8,10H2,1H3,(H,24,29). The van der Waals surface area contributed by atoms with Crippen LogP contribution in [-0.4, -0.2) is 39.5 Å². The summed E-state index contributed by atoms with van der Waals surface area (Å²) in [5.74, 6) is -3.40. The lowest BCUT2D eigenvalue weighted by Crippen LogP contribution is -2.45. The van der Waals surface area contributed by atoms with Crippen LogP contribution in [0, 0.1) is 17.6 Å². The van der Waals surface area contributed by atoms with E-state index in [1.807, 2.05) is 6.92 Å². The fourth-order valence-electron chi connectivity index (χ4n) is 4.18. The Morgan fingerprint density at radius 1 is 1.30 bits per heavy atom. The number of pyridine rings is 1. The van der Waals surface area contributed by atoms with Gasteiger partial charge in [-0.1, -0.05) is 13.0 Å². The number of amides is 2. The van der Waals surface area contributed by atoms with Gasteiger partial charge in [-0.2, -0.15) is 0 Å². The number of nitrogens with one attached hydrogen (secondary N) is 1. The van der Waals surface area contributed by atoms with Crippen molar-refractivity contribution in [2.24, 2.45) is 5.92 Å². The van der Waals surface area contributed by atoms with Crippen LogP contribution in [0.4, 0.5) is 8.78 Å². The summed E-state index contributed by atoms with van der Waals surface area (Å²) in [7, 11) is 0. The van der Waals surface area contributed by atoms with Gasteiger partial charge >= 0.3 is 0 Å². The van der Waals surface area contributed by atoms with E-state index in [9.17, 15) is 28.3 Å². The average molecular weight is 417 g/mol. The summed E-state index contributed by atoms with van der Waals surface area (Å²) in [5, 5.41) is 12.9. The molecular formula is C21H21F2N3O4. The van der Waals surface area contributed by atoms with Crippen molar-refractivity contribution in [3.8, 4) is 5.75 Å². The molecule has 2 aliphatic heterocycles. The lowest BCUT2D eigenvalue weighted by molar-refractivity contribution is 0.0662. The Labute approximate surface area is 170 Å². The molecule has 2 aliphatic rings. The largest absolute Gasteiger partial charge is 0.503 e. The molecule has 0 saturated carbocycles. The Kier molecular flexibility index (Phi) is 5.05. The quantitative estimate of drug-likeness (QED) is 0.801. The highest BCUT2D eigenvalue weighted by Gasteiger charge is 2.38. The maximum Gasteiger partial charge on any atom is 0.274 e. The molecule has 0 aliphatic carbocycles. The van der Waals surface area contributed by atoms with E-state index in [4.69, 9.17) is 0 Å². The van der Waals surface area contributed by atoms with Crippen molar-refractivity contribution in [3.05, 3.63) is 63.1 Å². The number of rotatable bonds is 3. The minimum absolute atomic E-state index is 0.0512. The van der Waals surface area contributed by atoms with Crippen molar-refractivity contribution in [2.75, 3.05) is 13.1 Å². The zero-order valence-corrected chi connectivity index (χ0v) is 16.3. The number of nitrogens with zero attached hydrogens (tertiary/aromatic N) is 2. The summed E-state index contributed by atoms with van der Waals surface area (Å²) >= 11 is 0. The number of benzene rings is 1. The average Bonchev–Trinajstić information content (AvgIpc) is 2.87. The summed E-state index contributed by atoms with van der Waals surface area (Å²) in [6.45, 7) is 2.76. The molecule has 2 unspecified atom stereocenters. The fraction of sp³-hybridized carbons (Fsp3) is 0.381. The van der Waals surface area contributed by atoms with Gasteiger partial charge in [0.2, 0.25) is 5.43 Å². The van der Waals surface area contributed by atoms with E-state index in [-0.39, 0.29) is 35.3 Å². The molecule has 7 nitrogen and oxygen atoms in total. The van der Waals surface area contributed by atoms with Gasteiger partial charge in [0.25, 0.3) is 11.8 Å². The Morgan fingerprint density at radius 2 is 2.07 bits per heavy atom. The minimum atomic E-state index is -0.959. The molecule has 30 heavy (non-hydrogen) atoms. The van der Waals surface area contributed by atoms with E-state index >= 15 is 0 Å². The third-order valence-corrected chi connectivity index (χ3v) is 5.91. The molecule has 1 fully saturated rings. The molecule has 4 rings (SSSR count). The molecule has 0 radical (unpaired) electrons. The molecule has 9 heteroatoms. The molecule has 0 spiro atoms.